The molecule has 0 N–H and O–H groups in total. The Bertz CT molecular complexity index is 1040. The van der Waals surface area contributed by atoms with Crippen LogP contribution < -0.4 is 14.2 Å². The molecule has 30 heavy (non-hydrogen) atoms. The third kappa shape index (κ3) is 4.07. The van der Waals surface area contributed by atoms with Crippen LogP contribution in [0.1, 0.15) is 28.9 Å². The van der Waals surface area contributed by atoms with Gasteiger partial charge in [-0.25, -0.2) is 9.97 Å². The number of hydrogen-bond donors (Lipinski definition) is 0. The largest absolute Gasteiger partial charge is 0.497 e. The van der Waals surface area contributed by atoms with Crippen LogP contribution >= 0.6 is 0 Å². The molecular formula is C23H25N3O4. The predicted molar refractivity (Wildman–Crippen MR) is 114 cm³/mol. The lowest BCUT2D eigenvalue weighted by Crippen LogP contribution is -2.35. The van der Waals surface area contributed by atoms with Crippen molar-refractivity contribution >= 4 is 16.7 Å². The third-order valence-corrected chi connectivity index (χ3v) is 5.45. The number of likely N-dealkylation sites (tertiary alicyclic amines) is 1. The summed E-state index contributed by atoms with van der Waals surface area (Å²) >= 11 is 0. The number of ketones is 1. The summed E-state index contributed by atoms with van der Waals surface area (Å²) in [6, 6.07) is 10.6. The standard InChI is InChI=1S/C23H25N3O4/c1-26-10-8-17(9-11-26)30-21-12-18-19(13-20(21)29-3)24-14-25-22(18)23(27)15-4-6-16(28-2)7-5-15/h4-7,12-14,17H,8-11H2,1-3H3. The highest BCUT2D eigenvalue weighted by atomic mass is 16.5. The first-order valence-electron chi connectivity index (χ1n) is 9.95. The maximum absolute atomic E-state index is 13.1. The molecule has 1 aliphatic rings. The molecule has 7 heteroatoms. The van der Waals surface area contributed by atoms with E-state index >= 15 is 0 Å². The van der Waals surface area contributed by atoms with Crippen LogP contribution in [0.4, 0.5) is 0 Å². The molecule has 0 radical (unpaired) electrons. The van der Waals surface area contributed by atoms with Gasteiger partial charge in [-0.2, -0.15) is 0 Å². The minimum absolute atomic E-state index is 0.109. The van der Waals surface area contributed by atoms with Crippen LogP contribution in [0, 0.1) is 0 Å². The Kier molecular flexibility index (Phi) is 5.81. The van der Waals surface area contributed by atoms with Gasteiger partial charge in [0.1, 0.15) is 23.9 Å². The van der Waals surface area contributed by atoms with Crippen molar-refractivity contribution in [3.05, 3.63) is 54.0 Å². The highest BCUT2D eigenvalue weighted by molar-refractivity contribution is 6.14. The minimum Gasteiger partial charge on any atom is -0.497 e. The lowest BCUT2D eigenvalue weighted by atomic mass is 10.0. The summed E-state index contributed by atoms with van der Waals surface area (Å²) in [6.45, 7) is 1.98. The third-order valence-electron chi connectivity index (χ3n) is 5.45. The van der Waals surface area contributed by atoms with Gasteiger partial charge >= 0.3 is 0 Å². The molecule has 0 bridgehead atoms. The molecule has 1 aliphatic heterocycles. The van der Waals surface area contributed by atoms with Gasteiger partial charge in [0.05, 0.1) is 19.7 Å². The molecule has 0 aliphatic carbocycles. The normalized spacial score (nSPS) is 15.2. The molecule has 0 saturated carbocycles. The second-order valence-electron chi connectivity index (χ2n) is 7.42. The fourth-order valence-corrected chi connectivity index (χ4v) is 3.66. The van der Waals surface area contributed by atoms with E-state index in [4.69, 9.17) is 14.2 Å². The van der Waals surface area contributed by atoms with Gasteiger partial charge in [0.25, 0.3) is 0 Å². The average molecular weight is 407 g/mol. The van der Waals surface area contributed by atoms with E-state index in [1.807, 2.05) is 6.07 Å². The quantitative estimate of drug-likeness (QED) is 0.580. The van der Waals surface area contributed by atoms with Gasteiger partial charge in [-0.1, -0.05) is 0 Å². The summed E-state index contributed by atoms with van der Waals surface area (Å²) < 4.78 is 17.0. The van der Waals surface area contributed by atoms with Crippen molar-refractivity contribution < 1.29 is 19.0 Å². The number of carbonyl (C=O) groups is 1. The van der Waals surface area contributed by atoms with Crippen LogP contribution in [0.15, 0.2) is 42.7 Å². The summed E-state index contributed by atoms with van der Waals surface area (Å²) in [5, 5.41) is 0.641. The predicted octanol–water partition coefficient (Wildman–Crippen LogP) is 3.35. The van der Waals surface area contributed by atoms with E-state index in [0.29, 0.717) is 39.4 Å². The zero-order chi connectivity index (χ0) is 21.1. The van der Waals surface area contributed by atoms with Crippen LogP contribution in [0.25, 0.3) is 10.9 Å². The maximum Gasteiger partial charge on any atom is 0.212 e. The Balaban J connectivity index is 1.70. The smallest absolute Gasteiger partial charge is 0.212 e. The van der Waals surface area contributed by atoms with E-state index < -0.39 is 0 Å². The summed E-state index contributed by atoms with van der Waals surface area (Å²) in [7, 11) is 5.31. The molecule has 2 aromatic carbocycles. The number of methoxy groups -OCH3 is 2. The van der Waals surface area contributed by atoms with Gasteiger partial charge in [-0.15, -0.1) is 0 Å². The molecule has 4 rings (SSSR count). The minimum atomic E-state index is -0.180. The average Bonchev–Trinajstić information content (AvgIpc) is 2.79. The molecule has 7 nitrogen and oxygen atoms in total. The Morgan fingerprint density at radius 2 is 1.73 bits per heavy atom. The Labute approximate surface area is 175 Å². The van der Waals surface area contributed by atoms with Crippen molar-refractivity contribution in [2.45, 2.75) is 18.9 Å². The molecule has 0 amide bonds. The van der Waals surface area contributed by atoms with E-state index in [0.717, 1.165) is 25.9 Å². The molecule has 1 fully saturated rings. The Morgan fingerprint density at radius 3 is 2.40 bits per heavy atom. The number of rotatable bonds is 6. The highest BCUT2D eigenvalue weighted by Gasteiger charge is 2.22. The highest BCUT2D eigenvalue weighted by Crippen LogP contribution is 2.35. The van der Waals surface area contributed by atoms with Crippen molar-refractivity contribution in [3.63, 3.8) is 0 Å². The number of aromatic nitrogens is 2. The van der Waals surface area contributed by atoms with Gasteiger partial charge < -0.3 is 19.1 Å². The van der Waals surface area contributed by atoms with Crippen LogP contribution in [-0.4, -0.2) is 61.1 Å². The Hall–Kier alpha value is -3.19. The van der Waals surface area contributed by atoms with E-state index in [-0.39, 0.29) is 11.9 Å². The van der Waals surface area contributed by atoms with Crippen LogP contribution in [-0.2, 0) is 0 Å². The number of nitrogens with zero attached hydrogens (tertiary/aromatic N) is 3. The number of piperidine rings is 1. The first-order valence-corrected chi connectivity index (χ1v) is 9.95. The number of hydrogen-bond acceptors (Lipinski definition) is 7. The molecule has 0 spiro atoms. The van der Waals surface area contributed by atoms with Gasteiger partial charge in [-0.05, 0) is 50.2 Å². The van der Waals surface area contributed by atoms with E-state index in [1.165, 1.54) is 6.33 Å². The van der Waals surface area contributed by atoms with Gasteiger partial charge in [0.2, 0.25) is 5.78 Å². The molecule has 2 heterocycles. The molecule has 0 atom stereocenters. The molecule has 156 valence electrons. The number of carbonyl (C=O) groups excluding carboxylic acids is 1. The molecular weight excluding hydrogens is 382 g/mol. The van der Waals surface area contributed by atoms with Crippen molar-refractivity contribution in [1.29, 1.82) is 0 Å². The summed E-state index contributed by atoms with van der Waals surface area (Å²) in [4.78, 5) is 24.0. The second-order valence-corrected chi connectivity index (χ2v) is 7.42. The van der Waals surface area contributed by atoms with Crippen molar-refractivity contribution in [2.24, 2.45) is 0 Å². The van der Waals surface area contributed by atoms with Crippen molar-refractivity contribution in [2.75, 3.05) is 34.4 Å². The van der Waals surface area contributed by atoms with Gasteiger partial charge in [0.15, 0.2) is 11.5 Å². The zero-order valence-electron chi connectivity index (χ0n) is 17.4. The number of fused-ring (bicyclic) bond motifs is 1. The lowest BCUT2D eigenvalue weighted by molar-refractivity contribution is 0.103. The Morgan fingerprint density at radius 1 is 1.00 bits per heavy atom. The maximum atomic E-state index is 13.1. The molecule has 3 aromatic rings. The summed E-state index contributed by atoms with van der Waals surface area (Å²) in [5.41, 5.74) is 1.50. The summed E-state index contributed by atoms with van der Waals surface area (Å²) in [6.07, 6.45) is 3.40. The topological polar surface area (TPSA) is 73.8 Å². The molecule has 0 unspecified atom stereocenters. The molecule has 1 aromatic heterocycles. The first kappa shape index (κ1) is 20.1. The first-order chi connectivity index (χ1) is 14.6. The number of ether oxygens (including phenoxy) is 3. The second kappa shape index (κ2) is 8.67. The number of benzene rings is 2. The van der Waals surface area contributed by atoms with E-state index in [1.54, 1.807) is 44.6 Å². The van der Waals surface area contributed by atoms with Gasteiger partial charge in [-0.3, -0.25) is 4.79 Å². The van der Waals surface area contributed by atoms with E-state index in [2.05, 4.69) is 21.9 Å². The van der Waals surface area contributed by atoms with Crippen molar-refractivity contribution in [1.82, 2.24) is 14.9 Å². The van der Waals surface area contributed by atoms with Crippen LogP contribution in [0.5, 0.6) is 17.2 Å². The van der Waals surface area contributed by atoms with Gasteiger partial charge in [0, 0.05) is 30.1 Å². The SMILES string of the molecule is COc1ccc(C(=O)c2ncnc3cc(OC)c(OC4CCN(C)CC4)cc23)cc1. The fraction of sp³-hybridized carbons (Fsp3) is 0.348. The summed E-state index contributed by atoms with van der Waals surface area (Å²) in [5.74, 6) is 1.72. The van der Waals surface area contributed by atoms with Crippen LogP contribution in [0.3, 0.4) is 0 Å². The lowest BCUT2D eigenvalue weighted by Gasteiger charge is -2.29. The fourth-order valence-electron chi connectivity index (χ4n) is 3.66. The van der Waals surface area contributed by atoms with Crippen molar-refractivity contribution in [3.8, 4) is 17.2 Å². The molecule has 1 saturated heterocycles. The van der Waals surface area contributed by atoms with E-state index in [9.17, 15) is 4.79 Å². The zero-order valence-corrected chi connectivity index (χ0v) is 17.4. The van der Waals surface area contributed by atoms with Crippen LogP contribution in [0.2, 0.25) is 0 Å². The monoisotopic (exact) mass is 407 g/mol.